The minimum Gasteiger partial charge on any atom is -0.480 e. The lowest BCUT2D eigenvalue weighted by Gasteiger charge is -2.08. The zero-order valence-electron chi connectivity index (χ0n) is 8.10. The maximum atomic E-state index is 10.8. The van der Waals surface area contributed by atoms with Crippen LogP contribution in [0.3, 0.4) is 0 Å². The number of aliphatic carboxylic acids is 1. The number of anilines is 1. The fraction of sp³-hybridized carbons (Fsp3) is 0.200. The average molecular weight is 225 g/mol. The Bertz CT molecular complexity index is 392. The number of hydrogen-bond donors (Lipinski definition) is 3. The van der Waals surface area contributed by atoms with Crippen molar-refractivity contribution < 1.29 is 14.7 Å². The molecule has 0 aromatic heterocycles. The molecular weight excluding hydrogens is 214 g/mol. The van der Waals surface area contributed by atoms with E-state index in [4.69, 9.17) is 5.11 Å². The third-order valence-electron chi connectivity index (χ3n) is 1.76. The number of carboxylic acids is 1. The number of carbonyl (C=O) groups is 2. The molecule has 80 valence electrons. The number of nitrogens with one attached hydrogen (secondary N) is 1. The third-order valence-corrected chi connectivity index (χ3v) is 2.28. The van der Waals surface area contributed by atoms with Crippen molar-refractivity contribution in [2.75, 3.05) is 5.32 Å². The first-order valence-electron chi connectivity index (χ1n) is 4.29. The maximum Gasteiger partial charge on any atom is 0.320 e. The van der Waals surface area contributed by atoms with Gasteiger partial charge in [0.25, 0.3) is 0 Å². The Kier molecular flexibility index (Phi) is 3.74. The molecule has 0 saturated carbocycles. The van der Waals surface area contributed by atoms with Gasteiger partial charge in [-0.3, -0.25) is 9.59 Å². The van der Waals surface area contributed by atoms with E-state index in [9.17, 15) is 9.59 Å². The molecule has 4 nitrogen and oxygen atoms in total. The largest absolute Gasteiger partial charge is 0.480 e. The molecule has 0 spiro atoms. The summed E-state index contributed by atoms with van der Waals surface area (Å²) in [5.74, 6) is -1.21. The highest BCUT2D eigenvalue weighted by molar-refractivity contribution is 7.81. The van der Waals surface area contributed by atoms with Crippen LogP contribution in [0, 0.1) is 0 Å². The topological polar surface area (TPSA) is 66.4 Å². The first-order valence-corrected chi connectivity index (χ1v) is 4.81. The van der Waals surface area contributed by atoms with Crippen LogP contribution in [-0.2, 0) is 9.59 Å². The summed E-state index contributed by atoms with van der Waals surface area (Å²) < 4.78 is 0. The highest BCUT2D eigenvalue weighted by atomic mass is 32.1. The highest BCUT2D eigenvalue weighted by Crippen LogP contribution is 2.22. The van der Waals surface area contributed by atoms with Gasteiger partial charge < -0.3 is 10.4 Å². The van der Waals surface area contributed by atoms with Gasteiger partial charge in [-0.25, -0.2) is 0 Å². The second-order valence-electron chi connectivity index (χ2n) is 3.05. The van der Waals surface area contributed by atoms with Crippen molar-refractivity contribution in [2.45, 2.75) is 12.2 Å². The normalized spacial score (nSPS) is 11.9. The average Bonchev–Trinajstić information content (AvgIpc) is 2.16. The number of carboxylic acid groups (broad SMARTS) is 1. The number of amides is 1. The van der Waals surface area contributed by atoms with Gasteiger partial charge >= 0.3 is 5.97 Å². The molecule has 0 radical (unpaired) electrons. The lowest BCUT2D eigenvalue weighted by molar-refractivity contribution is -0.136. The number of thiol groups is 1. The zero-order valence-corrected chi connectivity index (χ0v) is 8.99. The Labute approximate surface area is 92.7 Å². The molecule has 0 aliphatic rings. The molecule has 1 amide bonds. The summed E-state index contributed by atoms with van der Waals surface area (Å²) in [6, 6.07) is 6.60. The molecule has 2 N–H and O–H groups in total. The summed E-state index contributed by atoms with van der Waals surface area (Å²) in [7, 11) is 0. The molecule has 0 heterocycles. The summed E-state index contributed by atoms with van der Waals surface area (Å²) >= 11 is 3.94. The van der Waals surface area contributed by atoms with E-state index < -0.39 is 11.2 Å². The lowest BCUT2D eigenvalue weighted by atomic mass is 10.1. The predicted molar refractivity (Wildman–Crippen MR) is 60.1 cm³/mol. The van der Waals surface area contributed by atoms with Gasteiger partial charge in [-0.1, -0.05) is 12.1 Å². The molecule has 1 rings (SSSR count). The Balaban J connectivity index is 2.92. The minimum absolute atomic E-state index is 0.196. The van der Waals surface area contributed by atoms with Crippen molar-refractivity contribution >= 4 is 30.2 Å². The van der Waals surface area contributed by atoms with E-state index >= 15 is 0 Å². The molecule has 5 heteroatoms. The van der Waals surface area contributed by atoms with Gasteiger partial charge in [0.15, 0.2) is 0 Å². The predicted octanol–water partition coefficient (Wildman–Crippen LogP) is 1.70. The molecule has 0 bridgehead atoms. The fourth-order valence-corrected chi connectivity index (χ4v) is 1.29. The van der Waals surface area contributed by atoms with E-state index in [1.165, 1.54) is 6.92 Å². The van der Waals surface area contributed by atoms with Gasteiger partial charge in [0, 0.05) is 12.6 Å². The van der Waals surface area contributed by atoms with Crippen molar-refractivity contribution in [2.24, 2.45) is 0 Å². The van der Waals surface area contributed by atoms with Crippen molar-refractivity contribution in [3.8, 4) is 0 Å². The molecule has 15 heavy (non-hydrogen) atoms. The molecule has 0 aliphatic heterocycles. The van der Waals surface area contributed by atoms with Crippen LogP contribution >= 0.6 is 12.6 Å². The van der Waals surface area contributed by atoms with Crippen molar-refractivity contribution in [1.29, 1.82) is 0 Å². The number of hydrogen-bond acceptors (Lipinski definition) is 3. The molecule has 0 aliphatic carbocycles. The summed E-state index contributed by atoms with van der Waals surface area (Å²) in [6.07, 6.45) is 0. The van der Waals surface area contributed by atoms with Crippen LogP contribution in [0.4, 0.5) is 5.69 Å². The fourth-order valence-electron chi connectivity index (χ4n) is 1.13. The van der Waals surface area contributed by atoms with E-state index in [1.807, 2.05) is 0 Å². The van der Waals surface area contributed by atoms with Crippen LogP contribution < -0.4 is 5.32 Å². The molecule has 1 aromatic carbocycles. The van der Waals surface area contributed by atoms with Crippen LogP contribution in [0.25, 0.3) is 0 Å². The van der Waals surface area contributed by atoms with Gasteiger partial charge in [0.1, 0.15) is 5.25 Å². The Morgan fingerprint density at radius 3 is 2.67 bits per heavy atom. The van der Waals surface area contributed by atoms with Crippen LogP contribution in [0.5, 0.6) is 0 Å². The maximum absolute atomic E-state index is 10.8. The minimum atomic E-state index is -1.02. The smallest absolute Gasteiger partial charge is 0.320 e. The summed E-state index contributed by atoms with van der Waals surface area (Å²) in [5.41, 5.74) is 1.11. The standard InChI is InChI=1S/C10H11NO3S/c1-6(12)11-8-4-2-3-7(5-8)9(15)10(13)14/h2-5,9,15H,1H3,(H,11,12)(H,13,14). The molecule has 0 fully saturated rings. The number of rotatable bonds is 3. The second kappa shape index (κ2) is 4.84. The molecule has 1 atom stereocenters. The van der Waals surface area contributed by atoms with Gasteiger partial charge in [0.05, 0.1) is 0 Å². The monoisotopic (exact) mass is 225 g/mol. The van der Waals surface area contributed by atoms with Gasteiger partial charge in [0.2, 0.25) is 5.91 Å². The van der Waals surface area contributed by atoms with E-state index in [1.54, 1.807) is 24.3 Å². The second-order valence-corrected chi connectivity index (χ2v) is 3.56. The van der Waals surface area contributed by atoms with Crippen LogP contribution in [0.1, 0.15) is 17.7 Å². The van der Waals surface area contributed by atoms with Crippen LogP contribution in [-0.4, -0.2) is 17.0 Å². The number of benzene rings is 1. The van der Waals surface area contributed by atoms with Gasteiger partial charge in [-0.2, -0.15) is 12.6 Å². The molecule has 1 unspecified atom stereocenters. The van der Waals surface area contributed by atoms with E-state index in [-0.39, 0.29) is 5.91 Å². The van der Waals surface area contributed by atoms with Crippen molar-refractivity contribution in [1.82, 2.24) is 0 Å². The highest BCUT2D eigenvalue weighted by Gasteiger charge is 2.14. The Morgan fingerprint density at radius 1 is 1.47 bits per heavy atom. The van der Waals surface area contributed by atoms with Crippen molar-refractivity contribution in [3.63, 3.8) is 0 Å². The SMILES string of the molecule is CC(=O)Nc1cccc(C(S)C(=O)O)c1. The van der Waals surface area contributed by atoms with Gasteiger partial charge in [-0.05, 0) is 17.7 Å². The van der Waals surface area contributed by atoms with E-state index in [2.05, 4.69) is 17.9 Å². The van der Waals surface area contributed by atoms with Gasteiger partial charge in [-0.15, -0.1) is 0 Å². The molecular formula is C10H11NO3S. The lowest BCUT2D eigenvalue weighted by Crippen LogP contribution is -2.08. The number of carbonyl (C=O) groups excluding carboxylic acids is 1. The zero-order chi connectivity index (χ0) is 11.4. The van der Waals surface area contributed by atoms with Crippen LogP contribution in [0.2, 0.25) is 0 Å². The molecule has 0 saturated heterocycles. The summed E-state index contributed by atoms with van der Waals surface area (Å²) in [6.45, 7) is 1.39. The van der Waals surface area contributed by atoms with Crippen molar-refractivity contribution in [3.05, 3.63) is 29.8 Å². The summed E-state index contributed by atoms with van der Waals surface area (Å²) in [4.78, 5) is 21.5. The Hall–Kier alpha value is -1.49. The van der Waals surface area contributed by atoms with Crippen LogP contribution in [0.15, 0.2) is 24.3 Å². The van der Waals surface area contributed by atoms with E-state index in [0.29, 0.717) is 11.3 Å². The molecule has 1 aromatic rings. The third kappa shape index (κ3) is 3.28. The summed E-state index contributed by atoms with van der Waals surface area (Å²) in [5, 5.41) is 10.4. The van der Waals surface area contributed by atoms with E-state index in [0.717, 1.165) is 0 Å². The first kappa shape index (κ1) is 11.6. The quantitative estimate of drug-likeness (QED) is 0.686. The first-order chi connectivity index (χ1) is 7.00. The Morgan fingerprint density at radius 2 is 2.13 bits per heavy atom.